The molecule has 1 unspecified atom stereocenters. The van der Waals surface area contributed by atoms with E-state index in [0.29, 0.717) is 30.8 Å². The first kappa shape index (κ1) is 14.6. The van der Waals surface area contributed by atoms with Crippen molar-refractivity contribution in [3.8, 4) is 0 Å². The number of carbonyl (C=O) groups is 1. The van der Waals surface area contributed by atoms with E-state index in [1.54, 1.807) is 18.2 Å². The van der Waals surface area contributed by atoms with Gasteiger partial charge in [-0.2, -0.15) is 0 Å². The predicted molar refractivity (Wildman–Crippen MR) is 77.5 cm³/mol. The maximum absolute atomic E-state index is 11.7. The van der Waals surface area contributed by atoms with Gasteiger partial charge in [-0.25, -0.2) is 13.2 Å². The molecule has 110 valence electrons. The highest BCUT2D eigenvalue weighted by Gasteiger charge is 2.30. The highest BCUT2D eigenvalue weighted by Crippen LogP contribution is 2.22. The summed E-state index contributed by atoms with van der Waals surface area (Å²) in [6, 6.07) is 4.88. The van der Waals surface area contributed by atoms with Crippen molar-refractivity contribution in [3.05, 3.63) is 23.8 Å². The Hall–Kier alpha value is -1.76. The van der Waals surface area contributed by atoms with Crippen molar-refractivity contribution in [3.63, 3.8) is 0 Å². The Labute approximate surface area is 118 Å². The number of nitrogens with one attached hydrogen (secondary N) is 1. The van der Waals surface area contributed by atoms with Crippen LogP contribution in [0.1, 0.15) is 23.2 Å². The summed E-state index contributed by atoms with van der Waals surface area (Å²) in [5.41, 5.74) is 6.96. The Morgan fingerprint density at radius 2 is 2.25 bits per heavy atom. The van der Waals surface area contributed by atoms with Crippen molar-refractivity contribution in [1.82, 2.24) is 0 Å². The summed E-state index contributed by atoms with van der Waals surface area (Å²) in [5.74, 6) is -0.256. The normalized spacial score (nSPS) is 20.6. The van der Waals surface area contributed by atoms with Gasteiger partial charge in [0.1, 0.15) is 0 Å². The molecule has 0 aromatic heterocycles. The maximum Gasteiger partial charge on any atom is 0.340 e. The van der Waals surface area contributed by atoms with Crippen LogP contribution in [0, 0.1) is 0 Å². The molecule has 1 aromatic rings. The number of ether oxygens (including phenoxy) is 1. The second-order valence-corrected chi connectivity index (χ2v) is 7.21. The van der Waals surface area contributed by atoms with E-state index < -0.39 is 15.8 Å². The minimum Gasteiger partial charge on any atom is -0.465 e. The second-order valence-electron chi connectivity index (χ2n) is 4.81. The average Bonchev–Trinajstić information content (AvgIpc) is 2.76. The third-order valence-corrected chi connectivity index (χ3v) is 5.73. The van der Waals surface area contributed by atoms with Crippen molar-refractivity contribution in [1.29, 1.82) is 0 Å². The highest BCUT2D eigenvalue weighted by atomic mass is 32.2. The first-order chi connectivity index (χ1) is 9.44. The SMILES string of the molecule is COC(=O)c1cc(NCC2CCCS2(=O)=O)ccc1N. The predicted octanol–water partition coefficient (Wildman–Crippen LogP) is 1.04. The summed E-state index contributed by atoms with van der Waals surface area (Å²) in [7, 11) is -1.69. The van der Waals surface area contributed by atoms with Gasteiger partial charge in [-0.1, -0.05) is 0 Å². The fourth-order valence-electron chi connectivity index (χ4n) is 2.27. The zero-order valence-electron chi connectivity index (χ0n) is 11.3. The van der Waals surface area contributed by atoms with Crippen LogP contribution in [0.25, 0.3) is 0 Å². The number of hydrogen-bond acceptors (Lipinski definition) is 6. The first-order valence-corrected chi connectivity index (χ1v) is 8.09. The zero-order valence-corrected chi connectivity index (χ0v) is 12.1. The number of nitrogen functional groups attached to an aromatic ring is 1. The average molecular weight is 298 g/mol. The van der Waals surface area contributed by atoms with Crippen LogP contribution in [-0.4, -0.2) is 39.0 Å². The molecule has 1 aliphatic rings. The molecular formula is C13H18N2O4S. The Bertz CT molecular complexity index is 613. The molecule has 0 amide bonds. The van der Waals surface area contributed by atoms with Crippen molar-refractivity contribution < 1.29 is 17.9 Å². The third-order valence-electron chi connectivity index (χ3n) is 3.46. The summed E-state index contributed by atoms with van der Waals surface area (Å²) in [4.78, 5) is 11.5. The fraction of sp³-hybridized carbons (Fsp3) is 0.462. The van der Waals surface area contributed by atoms with Gasteiger partial charge in [-0.05, 0) is 31.0 Å². The molecule has 1 atom stereocenters. The number of hydrogen-bond donors (Lipinski definition) is 2. The van der Waals surface area contributed by atoms with E-state index in [0.717, 1.165) is 0 Å². The minimum atomic E-state index is -2.98. The van der Waals surface area contributed by atoms with Crippen LogP contribution < -0.4 is 11.1 Å². The zero-order chi connectivity index (χ0) is 14.8. The number of nitrogens with two attached hydrogens (primary N) is 1. The van der Waals surface area contributed by atoms with Crippen LogP contribution >= 0.6 is 0 Å². The number of carbonyl (C=O) groups excluding carboxylic acids is 1. The lowest BCUT2D eigenvalue weighted by Crippen LogP contribution is -2.25. The van der Waals surface area contributed by atoms with Gasteiger partial charge in [0.15, 0.2) is 9.84 Å². The number of anilines is 2. The van der Waals surface area contributed by atoms with Crippen molar-refractivity contribution in [2.24, 2.45) is 0 Å². The van der Waals surface area contributed by atoms with Gasteiger partial charge in [0.2, 0.25) is 0 Å². The van der Waals surface area contributed by atoms with Gasteiger partial charge in [0.25, 0.3) is 0 Å². The molecule has 1 aliphatic heterocycles. The fourth-order valence-corrected chi connectivity index (χ4v) is 4.04. The number of sulfone groups is 1. The monoisotopic (exact) mass is 298 g/mol. The van der Waals surface area contributed by atoms with Crippen molar-refractivity contribution in [2.45, 2.75) is 18.1 Å². The topological polar surface area (TPSA) is 98.5 Å². The van der Waals surface area contributed by atoms with E-state index in [2.05, 4.69) is 10.1 Å². The molecule has 1 heterocycles. The van der Waals surface area contributed by atoms with Crippen LogP contribution in [0.5, 0.6) is 0 Å². The Morgan fingerprint density at radius 3 is 2.85 bits per heavy atom. The molecule has 0 bridgehead atoms. The van der Waals surface area contributed by atoms with Crippen LogP contribution in [0.3, 0.4) is 0 Å². The summed E-state index contributed by atoms with van der Waals surface area (Å²) in [5, 5.41) is 2.69. The van der Waals surface area contributed by atoms with E-state index >= 15 is 0 Å². The van der Waals surface area contributed by atoms with Gasteiger partial charge in [-0.15, -0.1) is 0 Å². The number of esters is 1. The molecule has 2 rings (SSSR count). The molecule has 0 aliphatic carbocycles. The molecular weight excluding hydrogens is 280 g/mol. The van der Waals surface area contributed by atoms with Gasteiger partial charge in [0.05, 0.1) is 23.7 Å². The van der Waals surface area contributed by atoms with Crippen molar-refractivity contribution >= 4 is 27.2 Å². The maximum atomic E-state index is 11.7. The Balaban J connectivity index is 2.09. The van der Waals surface area contributed by atoms with E-state index in [1.807, 2.05) is 0 Å². The molecule has 0 radical (unpaired) electrons. The Morgan fingerprint density at radius 1 is 1.50 bits per heavy atom. The molecule has 3 N–H and O–H groups in total. The molecule has 1 fully saturated rings. The lowest BCUT2D eigenvalue weighted by atomic mass is 10.1. The standard InChI is InChI=1S/C13H18N2O4S/c1-19-13(16)11-7-9(4-5-12(11)14)15-8-10-3-2-6-20(10,17)18/h4-5,7,10,15H,2-3,6,8,14H2,1H3. The minimum absolute atomic E-state index is 0.258. The van der Waals surface area contributed by atoms with Crippen LogP contribution in [0.2, 0.25) is 0 Å². The van der Waals surface area contributed by atoms with Crippen LogP contribution in [-0.2, 0) is 14.6 Å². The van der Waals surface area contributed by atoms with Gasteiger partial charge in [-0.3, -0.25) is 0 Å². The van der Waals surface area contributed by atoms with Gasteiger partial charge >= 0.3 is 5.97 Å². The highest BCUT2D eigenvalue weighted by molar-refractivity contribution is 7.92. The number of methoxy groups -OCH3 is 1. The third kappa shape index (κ3) is 3.04. The van der Waals surface area contributed by atoms with E-state index in [1.165, 1.54) is 7.11 Å². The second kappa shape index (κ2) is 5.70. The summed E-state index contributed by atoms with van der Waals surface area (Å²) < 4.78 is 28.1. The molecule has 1 saturated heterocycles. The Kier molecular flexibility index (Phi) is 4.17. The first-order valence-electron chi connectivity index (χ1n) is 6.37. The lowest BCUT2D eigenvalue weighted by Gasteiger charge is -2.13. The molecule has 1 aromatic carbocycles. The number of rotatable bonds is 4. The van der Waals surface area contributed by atoms with E-state index in [4.69, 9.17) is 5.73 Å². The summed E-state index contributed by atoms with van der Waals surface area (Å²) in [6.45, 7) is 0.340. The molecule has 7 heteroatoms. The molecule has 0 saturated carbocycles. The largest absolute Gasteiger partial charge is 0.465 e. The molecule has 0 spiro atoms. The van der Waals surface area contributed by atoms with E-state index in [-0.39, 0.29) is 16.6 Å². The summed E-state index contributed by atoms with van der Waals surface area (Å²) in [6.07, 6.45) is 1.39. The van der Waals surface area contributed by atoms with Crippen molar-refractivity contribution in [2.75, 3.05) is 30.5 Å². The van der Waals surface area contributed by atoms with Gasteiger partial charge < -0.3 is 15.8 Å². The summed E-state index contributed by atoms with van der Waals surface area (Å²) >= 11 is 0. The number of benzene rings is 1. The smallest absolute Gasteiger partial charge is 0.340 e. The van der Waals surface area contributed by atoms with Crippen LogP contribution in [0.15, 0.2) is 18.2 Å². The van der Waals surface area contributed by atoms with E-state index in [9.17, 15) is 13.2 Å². The van der Waals surface area contributed by atoms with Gasteiger partial charge in [0, 0.05) is 17.9 Å². The lowest BCUT2D eigenvalue weighted by molar-refractivity contribution is 0.0602. The molecule has 20 heavy (non-hydrogen) atoms. The quantitative estimate of drug-likeness (QED) is 0.636. The molecule has 6 nitrogen and oxygen atoms in total. The van der Waals surface area contributed by atoms with Crippen LogP contribution in [0.4, 0.5) is 11.4 Å².